The van der Waals surface area contributed by atoms with E-state index in [1.54, 1.807) is 0 Å². The predicted molar refractivity (Wildman–Crippen MR) is 123 cm³/mol. The maximum absolute atomic E-state index is 10.8. The Morgan fingerprint density at radius 2 is 1.41 bits per heavy atom. The molecule has 0 aliphatic carbocycles. The third kappa shape index (κ3) is 13.0. The highest BCUT2D eigenvalue weighted by Crippen LogP contribution is 2.27. The lowest BCUT2D eigenvalue weighted by atomic mass is 9.95. The maximum atomic E-state index is 10.8. The molecule has 0 aliphatic heterocycles. The van der Waals surface area contributed by atoms with Gasteiger partial charge >= 0.3 is 0 Å². The van der Waals surface area contributed by atoms with Crippen molar-refractivity contribution in [1.29, 1.82) is 0 Å². The second-order valence-electron chi connectivity index (χ2n) is 8.06. The summed E-state index contributed by atoms with van der Waals surface area (Å²) in [7, 11) is -3.88. The fraction of sp³-hybridized carbons (Fsp3) is 0.750. The van der Waals surface area contributed by atoms with Crippen LogP contribution < -0.4 is 4.74 Å². The van der Waals surface area contributed by atoms with Gasteiger partial charge in [0.05, 0.1) is 12.4 Å². The summed E-state index contributed by atoms with van der Waals surface area (Å²) in [4.78, 5) is 0. The van der Waals surface area contributed by atoms with E-state index in [2.05, 4.69) is 26.0 Å². The van der Waals surface area contributed by atoms with Crippen molar-refractivity contribution < 1.29 is 17.7 Å². The Hall–Kier alpha value is -1.07. The molecule has 4 nitrogen and oxygen atoms in total. The maximum Gasteiger partial charge on any atom is 0.264 e. The first-order valence-electron chi connectivity index (χ1n) is 11.7. The highest BCUT2D eigenvalue weighted by atomic mass is 32.2. The molecule has 0 saturated heterocycles. The number of aryl methyl sites for hydroxylation is 1. The van der Waals surface area contributed by atoms with Crippen molar-refractivity contribution in [3.05, 3.63) is 29.3 Å². The molecule has 1 N–H and O–H groups in total. The Morgan fingerprint density at radius 1 is 0.793 bits per heavy atom. The summed E-state index contributed by atoms with van der Waals surface area (Å²) in [6, 6.07) is 6.37. The zero-order valence-corrected chi connectivity index (χ0v) is 19.4. The second kappa shape index (κ2) is 15.7. The van der Waals surface area contributed by atoms with Crippen LogP contribution in [-0.2, 0) is 23.0 Å². The van der Waals surface area contributed by atoms with Gasteiger partial charge in [-0.25, -0.2) is 0 Å². The molecule has 0 spiro atoms. The van der Waals surface area contributed by atoms with Gasteiger partial charge in [0.1, 0.15) is 5.75 Å². The number of hydrogen-bond acceptors (Lipinski definition) is 3. The molecule has 0 bridgehead atoms. The average Bonchev–Trinajstić information content (AvgIpc) is 2.67. The molecular weight excluding hydrogens is 384 g/mol. The monoisotopic (exact) mass is 426 g/mol. The van der Waals surface area contributed by atoms with Gasteiger partial charge in [-0.15, -0.1) is 0 Å². The van der Waals surface area contributed by atoms with Crippen LogP contribution in [0.15, 0.2) is 18.2 Å². The van der Waals surface area contributed by atoms with Crippen LogP contribution in [0.5, 0.6) is 5.75 Å². The minimum absolute atomic E-state index is 0.196. The molecule has 1 rings (SSSR count). The highest BCUT2D eigenvalue weighted by molar-refractivity contribution is 7.85. The molecule has 0 atom stereocenters. The van der Waals surface area contributed by atoms with Gasteiger partial charge in [-0.05, 0) is 55.7 Å². The third-order valence-corrected chi connectivity index (χ3v) is 6.17. The Labute approximate surface area is 179 Å². The van der Waals surface area contributed by atoms with E-state index in [0.717, 1.165) is 18.6 Å². The minimum Gasteiger partial charge on any atom is -0.493 e. The lowest BCUT2D eigenvalue weighted by molar-refractivity contribution is 0.305. The van der Waals surface area contributed by atoms with Crippen LogP contribution in [0.4, 0.5) is 0 Å². The molecule has 5 heteroatoms. The van der Waals surface area contributed by atoms with Gasteiger partial charge in [-0.1, -0.05) is 77.3 Å². The van der Waals surface area contributed by atoms with E-state index in [4.69, 9.17) is 9.29 Å². The number of rotatable bonds is 18. The van der Waals surface area contributed by atoms with E-state index in [9.17, 15) is 8.42 Å². The standard InChI is InChI=1S/C24H42O4S/c1-3-5-7-9-11-16-22-17-15-19-24(23(22)18-12-10-8-6-4-2)28-20-13-14-21-29(25,26)27/h15,17,19H,3-14,16,18,20-21H2,1-2H3,(H,25,26,27). The quantitative estimate of drug-likeness (QED) is 0.208. The first-order valence-corrected chi connectivity index (χ1v) is 13.3. The summed E-state index contributed by atoms with van der Waals surface area (Å²) in [5.74, 6) is 0.761. The van der Waals surface area contributed by atoms with Gasteiger partial charge < -0.3 is 4.74 Å². The molecule has 0 heterocycles. The molecule has 168 valence electrons. The summed E-state index contributed by atoms with van der Waals surface area (Å²) in [5.41, 5.74) is 2.75. The first-order chi connectivity index (χ1) is 14.0. The minimum atomic E-state index is -3.88. The molecule has 29 heavy (non-hydrogen) atoms. The molecule has 0 unspecified atom stereocenters. The summed E-state index contributed by atoms with van der Waals surface area (Å²) < 4.78 is 36.6. The molecule has 1 aromatic rings. The van der Waals surface area contributed by atoms with Crippen molar-refractivity contribution in [2.45, 2.75) is 104 Å². The number of benzene rings is 1. The summed E-state index contributed by atoms with van der Waals surface area (Å²) in [6.45, 7) is 4.97. The van der Waals surface area contributed by atoms with Crippen LogP contribution >= 0.6 is 0 Å². The zero-order chi connectivity index (χ0) is 21.4. The molecular formula is C24H42O4S. The Bertz CT molecular complexity index is 640. The largest absolute Gasteiger partial charge is 0.493 e. The summed E-state index contributed by atoms with van der Waals surface area (Å²) in [5, 5.41) is 0. The van der Waals surface area contributed by atoms with Crippen LogP contribution in [0.1, 0.15) is 102 Å². The van der Waals surface area contributed by atoms with Crippen molar-refractivity contribution in [3.63, 3.8) is 0 Å². The van der Waals surface area contributed by atoms with Crippen molar-refractivity contribution in [3.8, 4) is 5.75 Å². The van der Waals surface area contributed by atoms with Crippen molar-refractivity contribution >= 4 is 10.1 Å². The van der Waals surface area contributed by atoms with E-state index < -0.39 is 10.1 Å². The number of ether oxygens (including phenoxy) is 1. The molecule has 0 aromatic heterocycles. The number of unbranched alkanes of at least 4 members (excludes halogenated alkanes) is 9. The SMILES string of the molecule is CCCCCCCc1cccc(OCCCCS(=O)(=O)O)c1CCCCCCC. The van der Waals surface area contributed by atoms with Crippen LogP contribution in [0, 0.1) is 0 Å². The Morgan fingerprint density at radius 3 is 2.03 bits per heavy atom. The number of hydrogen-bond donors (Lipinski definition) is 1. The van der Waals surface area contributed by atoms with E-state index in [-0.39, 0.29) is 5.75 Å². The van der Waals surface area contributed by atoms with Gasteiger partial charge in [0, 0.05) is 0 Å². The van der Waals surface area contributed by atoms with Gasteiger partial charge in [0.2, 0.25) is 0 Å². The van der Waals surface area contributed by atoms with Crippen molar-refractivity contribution in [1.82, 2.24) is 0 Å². The molecule has 0 amide bonds. The van der Waals surface area contributed by atoms with Crippen LogP contribution in [0.2, 0.25) is 0 Å². The second-order valence-corrected chi connectivity index (χ2v) is 9.64. The van der Waals surface area contributed by atoms with Gasteiger partial charge in [-0.3, -0.25) is 4.55 Å². The average molecular weight is 427 g/mol. The zero-order valence-electron chi connectivity index (χ0n) is 18.6. The molecule has 0 saturated carbocycles. The predicted octanol–water partition coefficient (Wildman–Crippen LogP) is 6.76. The van der Waals surface area contributed by atoms with Crippen LogP contribution in [0.25, 0.3) is 0 Å². The first kappa shape index (κ1) is 26.0. The van der Waals surface area contributed by atoms with Crippen LogP contribution in [0.3, 0.4) is 0 Å². The lowest BCUT2D eigenvalue weighted by Gasteiger charge is -2.16. The normalized spacial score (nSPS) is 11.7. The summed E-state index contributed by atoms with van der Waals surface area (Å²) >= 11 is 0. The van der Waals surface area contributed by atoms with E-state index >= 15 is 0 Å². The van der Waals surface area contributed by atoms with Gasteiger partial charge in [0.25, 0.3) is 10.1 Å². The van der Waals surface area contributed by atoms with E-state index in [1.807, 2.05) is 6.07 Å². The highest BCUT2D eigenvalue weighted by Gasteiger charge is 2.10. The van der Waals surface area contributed by atoms with Crippen molar-refractivity contribution in [2.24, 2.45) is 0 Å². The Balaban J connectivity index is 2.63. The van der Waals surface area contributed by atoms with Crippen molar-refractivity contribution in [2.75, 3.05) is 12.4 Å². The molecule has 0 aliphatic rings. The smallest absolute Gasteiger partial charge is 0.264 e. The lowest BCUT2D eigenvalue weighted by Crippen LogP contribution is -2.07. The summed E-state index contributed by atoms with van der Waals surface area (Å²) in [6.07, 6.45) is 15.9. The van der Waals surface area contributed by atoms with E-state index in [1.165, 1.54) is 75.3 Å². The van der Waals surface area contributed by atoms with Crippen LogP contribution in [-0.4, -0.2) is 25.3 Å². The van der Waals surface area contributed by atoms with E-state index in [0.29, 0.717) is 19.4 Å². The molecule has 1 aromatic carbocycles. The van der Waals surface area contributed by atoms with Gasteiger partial charge in [0.15, 0.2) is 0 Å². The fourth-order valence-electron chi connectivity index (χ4n) is 3.66. The fourth-order valence-corrected chi connectivity index (χ4v) is 4.23. The third-order valence-electron chi connectivity index (χ3n) is 5.36. The molecule has 0 radical (unpaired) electrons. The molecule has 0 fully saturated rings. The topological polar surface area (TPSA) is 63.6 Å². The Kier molecular flexibility index (Phi) is 14.1. The van der Waals surface area contributed by atoms with Gasteiger partial charge in [-0.2, -0.15) is 8.42 Å².